The molecule has 0 bridgehead atoms. The molecular formula is C18H17NO3S. The van der Waals surface area contributed by atoms with Crippen LogP contribution in [0.1, 0.15) is 11.1 Å². The number of carbonyl (C=O) groups is 1. The molecule has 5 heteroatoms. The van der Waals surface area contributed by atoms with Crippen molar-refractivity contribution in [3.8, 4) is 0 Å². The summed E-state index contributed by atoms with van der Waals surface area (Å²) in [4.78, 5) is 14.4. The number of carbonyl (C=O) groups excluding carboxylic acids is 1. The van der Waals surface area contributed by atoms with Gasteiger partial charge >= 0.3 is 0 Å². The van der Waals surface area contributed by atoms with Crippen LogP contribution in [-0.4, -0.2) is 39.1 Å². The summed E-state index contributed by atoms with van der Waals surface area (Å²) in [6.45, 7) is 0.548. The van der Waals surface area contributed by atoms with Crippen LogP contribution in [0.2, 0.25) is 0 Å². The smallest absolute Gasteiger partial charge is 0.254 e. The quantitative estimate of drug-likeness (QED) is 0.870. The highest BCUT2D eigenvalue weighted by molar-refractivity contribution is 7.90. The summed E-state index contributed by atoms with van der Waals surface area (Å²) in [7, 11) is -1.48. The Bertz CT molecular complexity index is 882. The molecule has 23 heavy (non-hydrogen) atoms. The summed E-state index contributed by atoms with van der Waals surface area (Å²) in [5, 5.41) is 0. The molecule has 0 N–H and O–H groups in total. The molecule has 0 aliphatic carbocycles. The van der Waals surface area contributed by atoms with Gasteiger partial charge in [-0.25, -0.2) is 8.42 Å². The zero-order chi connectivity index (χ0) is 16.6. The predicted octanol–water partition coefficient (Wildman–Crippen LogP) is 2.47. The Morgan fingerprint density at radius 3 is 2.09 bits per heavy atom. The van der Waals surface area contributed by atoms with Gasteiger partial charge in [-0.15, -0.1) is 0 Å². The van der Waals surface area contributed by atoms with Gasteiger partial charge in [0.2, 0.25) is 0 Å². The van der Waals surface area contributed by atoms with E-state index < -0.39 is 9.84 Å². The van der Waals surface area contributed by atoms with Crippen molar-refractivity contribution >= 4 is 26.9 Å². The fraction of sp³-hybridized carbons (Fsp3) is 0.167. The molecule has 1 aliphatic heterocycles. The van der Waals surface area contributed by atoms with Gasteiger partial charge in [-0.05, 0) is 28.8 Å². The second-order valence-electron chi connectivity index (χ2n) is 5.68. The average Bonchev–Trinajstić information content (AvgIpc) is 2.83. The maximum absolute atomic E-state index is 12.5. The van der Waals surface area contributed by atoms with E-state index in [4.69, 9.17) is 0 Å². The monoisotopic (exact) mass is 327 g/mol. The van der Waals surface area contributed by atoms with E-state index in [0.717, 1.165) is 16.7 Å². The molecule has 0 atom stereocenters. The molecule has 1 aliphatic rings. The minimum atomic E-state index is -3.24. The fourth-order valence-corrected chi connectivity index (χ4v) is 3.38. The summed E-state index contributed by atoms with van der Waals surface area (Å²) in [6, 6.07) is 16.3. The Kier molecular flexibility index (Phi) is 3.82. The Hall–Kier alpha value is -2.40. The van der Waals surface area contributed by atoms with Gasteiger partial charge in [0.15, 0.2) is 9.84 Å². The van der Waals surface area contributed by atoms with Crippen LogP contribution in [0.3, 0.4) is 0 Å². The van der Waals surface area contributed by atoms with E-state index in [-0.39, 0.29) is 10.8 Å². The topological polar surface area (TPSA) is 54.5 Å². The molecule has 0 saturated heterocycles. The lowest BCUT2D eigenvalue weighted by Gasteiger charge is -2.08. The molecule has 1 amide bonds. The Balaban J connectivity index is 2.12. The second-order valence-corrected chi connectivity index (χ2v) is 7.69. The zero-order valence-corrected chi connectivity index (χ0v) is 13.8. The third-order valence-electron chi connectivity index (χ3n) is 3.95. The van der Waals surface area contributed by atoms with Crippen molar-refractivity contribution in [1.29, 1.82) is 0 Å². The normalized spacial score (nSPS) is 15.4. The fourth-order valence-electron chi connectivity index (χ4n) is 2.75. The summed E-state index contributed by atoms with van der Waals surface area (Å²) >= 11 is 0. The zero-order valence-electron chi connectivity index (χ0n) is 13.0. The summed E-state index contributed by atoms with van der Waals surface area (Å²) < 4.78 is 23.2. The Morgan fingerprint density at radius 2 is 1.52 bits per heavy atom. The van der Waals surface area contributed by atoms with Crippen LogP contribution in [0.4, 0.5) is 0 Å². The van der Waals surface area contributed by atoms with Gasteiger partial charge in [-0.1, -0.05) is 42.5 Å². The molecule has 4 nitrogen and oxygen atoms in total. The molecule has 0 fully saturated rings. The number of benzene rings is 2. The van der Waals surface area contributed by atoms with Gasteiger partial charge in [-0.3, -0.25) is 4.79 Å². The Morgan fingerprint density at radius 1 is 0.913 bits per heavy atom. The highest BCUT2D eigenvalue weighted by atomic mass is 32.2. The minimum Gasteiger partial charge on any atom is -0.337 e. The summed E-state index contributed by atoms with van der Waals surface area (Å²) in [5.41, 5.74) is 3.35. The average molecular weight is 327 g/mol. The van der Waals surface area contributed by atoms with Crippen molar-refractivity contribution < 1.29 is 13.2 Å². The van der Waals surface area contributed by atoms with Crippen LogP contribution < -0.4 is 0 Å². The van der Waals surface area contributed by atoms with Gasteiger partial charge < -0.3 is 4.90 Å². The summed E-state index contributed by atoms with van der Waals surface area (Å²) in [6.07, 6.45) is 1.17. The number of hydrogen-bond donors (Lipinski definition) is 0. The van der Waals surface area contributed by atoms with Crippen molar-refractivity contribution in [2.75, 3.05) is 19.8 Å². The minimum absolute atomic E-state index is 0.0454. The van der Waals surface area contributed by atoms with E-state index in [1.54, 1.807) is 36.2 Å². The molecule has 2 aromatic rings. The first-order chi connectivity index (χ1) is 10.9. The van der Waals surface area contributed by atoms with E-state index in [2.05, 4.69) is 0 Å². The maximum atomic E-state index is 12.5. The molecule has 0 radical (unpaired) electrons. The van der Waals surface area contributed by atoms with E-state index >= 15 is 0 Å². The third-order valence-corrected chi connectivity index (χ3v) is 5.08. The first-order valence-corrected chi connectivity index (χ1v) is 9.11. The molecule has 1 heterocycles. The van der Waals surface area contributed by atoms with Crippen LogP contribution in [0.5, 0.6) is 0 Å². The lowest BCUT2D eigenvalue weighted by Crippen LogP contribution is -2.21. The maximum Gasteiger partial charge on any atom is 0.254 e. The lowest BCUT2D eigenvalue weighted by atomic mass is 9.97. The molecule has 0 aromatic heterocycles. The number of nitrogens with zero attached hydrogens (tertiary/aromatic N) is 1. The van der Waals surface area contributed by atoms with Crippen LogP contribution in [0, 0.1) is 0 Å². The van der Waals surface area contributed by atoms with Crippen LogP contribution >= 0.6 is 0 Å². The van der Waals surface area contributed by atoms with E-state index in [1.807, 2.05) is 30.3 Å². The number of likely N-dealkylation sites (N-methyl/N-ethyl adjacent to an activating group) is 1. The molecule has 0 spiro atoms. The first kappa shape index (κ1) is 15.5. The lowest BCUT2D eigenvalue weighted by molar-refractivity contribution is -0.122. The van der Waals surface area contributed by atoms with Gasteiger partial charge in [0.1, 0.15) is 0 Å². The van der Waals surface area contributed by atoms with Crippen molar-refractivity contribution in [3.05, 3.63) is 65.7 Å². The van der Waals surface area contributed by atoms with Crippen LogP contribution in [-0.2, 0) is 14.6 Å². The second kappa shape index (κ2) is 5.66. The van der Waals surface area contributed by atoms with Crippen LogP contribution in [0.15, 0.2) is 59.5 Å². The third kappa shape index (κ3) is 2.92. The van der Waals surface area contributed by atoms with E-state index in [9.17, 15) is 13.2 Å². The number of sulfone groups is 1. The van der Waals surface area contributed by atoms with Crippen molar-refractivity contribution in [2.24, 2.45) is 0 Å². The SMILES string of the molecule is CN1CC(c2ccccc2)=C(c2ccc(S(C)(=O)=O)cc2)C1=O. The Labute approximate surface area is 136 Å². The van der Waals surface area contributed by atoms with Gasteiger partial charge in [-0.2, -0.15) is 0 Å². The van der Waals surface area contributed by atoms with Crippen molar-refractivity contribution in [1.82, 2.24) is 4.90 Å². The molecule has 118 valence electrons. The van der Waals surface area contributed by atoms with Gasteiger partial charge in [0.05, 0.1) is 10.5 Å². The van der Waals surface area contributed by atoms with E-state index in [1.165, 1.54) is 6.26 Å². The highest BCUT2D eigenvalue weighted by Crippen LogP contribution is 2.34. The number of amides is 1. The van der Waals surface area contributed by atoms with Crippen LogP contribution in [0.25, 0.3) is 11.1 Å². The van der Waals surface area contributed by atoms with Gasteiger partial charge in [0, 0.05) is 19.8 Å². The van der Waals surface area contributed by atoms with Gasteiger partial charge in [0.25, 0.3) is 5.91 Å². The number of hydrogen-bond acceptors (Lipinski definition) is 3. The van der Waals surface area contributed by atoms with E-state index in [0.29, 0.717) is 12.1 Å². The molecule has 2 aromatic carbocycles. The number of rotatable bonds is 3. The van der Waals surface area contributed by atoms with Crippen molar-refractivity contribution in [3.63, 3.8) is 0 Å². The molecular weight excluding hydrogens is 310 g/mol. The summed E-state index contributed by atoms with van der Waals surface area (Å²) in [5.74, 6) is -0.0454. The van der Waals surface area contributed by atoms with Crippen molar-refractivity contribution in [2.45, 2.75) is 4.90 Å². The largest absolute Gasteiger partial charge is 0.337 e. The molecule has 0 unspecified atom stereocenters. The molecule has 0 saturated carbocycles. The molecule has 3 rings (SSSR count). The standard InChI is InChI=1S/C18H17NO3S/c1-19-12-16(13-6-4-3-5-7-13)17(18(19)20)14-8-10-15(11-9-14)23(2,21)22/h3-11H,12H2,1-2H3. The first-order valence-electron chi connectivity index (χ1n) is 7.22. The predicted molar refractivity (Wildman–Crippen MR) is 90.4 cm³/mol. The highest BCUT2D eigenvalue weighted by Gasteiger charge is 2.29.